The van der Waals surface area contributed by atoms with Crippen LogP contribution in [-0.4, -0.2) is 44.5 Å². The summed E-state index contributed by atoms with van der Waals surface area (Å²) in [6, 6.07) is 0.324. The summed E-state index contributed by atoms with van der Waals surface area (Å²) in [5.74, 6) is 1.04. The Labute approximate surface area is 145 Å². The first-order chi connectivity index (χ1) is 11.6. The molecule has 1 saturated heterocycles. The average Bonchev–Trinajstić information content (AvgIpc) is 2.91. The lowest BCUT2D eigenvalue weighted by molar-refractivity contribution is 0.0689. The van der Waals surface area contributed by atoms with Gasteiger partial charge in [-0.2, -0.15) is 0 Å². The molecule has 1 saturated carbocycles. The van der Waals surface area contributed by atoms with Crippen LogP contribution in [0.25, 0.3) is 0 Å². The molecule has 1 aliphatic carbocycles. The van der Waals surface area contributed by atoms with Gasteiger partial charge in [0.25, 0.3) is 5.91 Å². The van der Waals surface area contributed by atoms with E-state index in [1.54, 1.807) is 11.7 Å². The molecule has 2 aliphatic rings. The minimum absolute atomic E-state index is 0.110. The molecule has 1 unspecified atom stereocenters. The lowest BCUT2D eigenvalue weighted by Gasteiger charge is -2.29. The van der Waals surface area contributed by atoms with Crippen molar-refractivity contribution in [2.24, 2.45) is 12.5 Å². The Morgan fingerprint density at radius 2 is 2.25 bits per heavy atom. The maximum Gasteiger partial charge on any atom is 0.266 e. The quantitative estimate of drug-likeness (QED) is 0.920. The van der Waals surface area contributed by atoms with E-state index in [0.717, 1.165) is 48.7 Å². The number of nitrogens with one attached hydrogen (secondary N) is 1. The van der Waals surface area contributed by atoms with Gasteiger partial charge < -0.3 is 14.8 Å². The molecular formula is C17H23N5OS. The van der Waals surface area contributed by atoms with E-state index in [2.05, 4.69) is 15.3 Å². The normalized spacial score (nSPS) is 21.8. The van der Waals surface area contributed by atoms with Crippen LogP contribution in [0, 0.1) is 12.3 Å². The summed E-state index contributed by atoms with van der Waals surface area (Å²) in [5, 5.41) is 3.43. The second-order valence-corrected chi connectivity index (χ2v) is 7.84. The Kier molecular flexibility index (Phi) is 3.92. The third-order valence-electron chi connectivity index (χ3n) is 5.56. The number of thiazole rings is 1. The van der Waals surface area contributed by atoms with Gasteiger partial charge in [0, 0.05) is 25.5 Å². The topological polar surface area (TPSA) is 63.1 Å². The summed E-state index contributed by atoms with van der Waals surface area (Å²) >= 11 is 1.44. The zero-order valence-electron chi connectivity index (χ0n) is 14.2. The second kappa shape index (κ2) is 5.97. The molecule has 4 rings (SSSR count). The van der Waals surface area contributed by atoms with Crippen molar-refractivity contribution in [3.63, 3.8) is 0 Å². The number of aryl methyl sites for hydroxylation is 2. The van der Waals surface area contributed by atoms with Gasteiger partial charge in [0.05, 0.1) is 17.7 Å². The molecular weight excluding hydrogens is 322 g/mol. The largest absolute Gasteiger partial charge is 0.337 e. The number of hydrogen-bond donors (Lipinski definition) is 1. The Morgan fingerprint density at radius 1 is 1.46 bits per heavy atom. The van der Waals surface area contributed by atoms with Crippen LogP contribution in [0.15, 0.2) is 17.9 Å². The predicted octanol–water partition coefficient (Wildman–Crippen LogP) is 1.97. The molecule has 0 radical (unpaired) electrons. The standard InChI is InChI=1S/C17H23N5OS/c1-12-15(24-11-20-12)16(23)22(10-14-19-7-8-21(14)2)13-9-17(13)3-5-18-6-4-17/h7-8,11,13,18H,3-6,9-10H2,1-2H3. The summed E-state index contributed by atoms with van der Waals surface area (Å²) < 4.78 is 2.00. The van der Waals surface area contributed by atoms with E-state index in [1.165, 1.54) is 11.3 Å². The van der Waals surface area contributed by atoms with Gasteiger partial charge in [-0.05, 0) is 44.7 Å². The fourth-order valence-corrected chi connectivity index (χ4v) is 4.65. The molecule has 1 amide bonds. The lowest BCUT2D eigenvalue weighted by atomic mass is 9.93. The smallest absolute Gasteiger partial charge is 0.266 e. The maximum absolute atomic E-state index is 13.2. The molecule has 2 fully saturated rings. The fraction of sp³-hybridized carbons (Fsp3) is 0.588. The average molecular weight is 345 g/mol. The summed E-state index contributed by atoms with van der Waals surface area (Å²) in [7, 11) is 1.98. The molecule has 24 heavy (non-hydrogen) atoms. The van der Waals surface area contributed by atoms with Crippen LogP contribution in [-0.2, 0) is 13.6 Å². The number of nitrogens with zero attached hydrogens (tertiary/aromatic N) is 4. The highest BCUT2D eigenvalue weighted by Gasteiger charge is 2.58. The Morgan fingerprint density at radius 3 is 2.88 bits per heavy atom. The van der Waals surface area contributed by atoms with Crippen molar-refractivity contribution < 1.29 is 4.79 Å². The van der Waals surface area contributed by atoms with Gasteiger partial charge in [-0.1, -0.05) is 0 Å². The molecule has 1 atom stereocenters. The zero-order chi connectivity index (χ0) is 16.7. The van der Waals surface area contributed by atoms with Gasteiger partial charge in [-0.25, -0.2) is 9.97 Å². The van der Waals surface area contributed by atoms with Crippen LogP contribution in [0.5, 0.6) is 0 Å². The third kappa shape index (κ3) is 2.65. The molecule has 7 heteroatoms. The number of carbonyl (C=O) groups excluding carboxylic acids is 1. The molecule has 128 valence electrons. The van der Waals surface area contributed by atoms with Crippen LogP contribution in [0.4, 0.5) is 0 Å². The lowest BCUT2D eigenvalue weighted by Crippen LogP contribution is -2.39. The van der Waals surface area contributed by atoms with Crippen molar-refractivity contribution in [2.75, 3.05) is 13.1 Å². The van der Waals surface area contributed by atoms with E-state index in [-0.39, 0.29) is 5.91 Å². The molecule has 3 heterocycles. The Balaban J connectivity index is 1.62. The van der Waals surface area contributed by atoms with E-state index < -0.39 is 0 Å². The van der Waals surface area contributed by atoms with Crippen molar-refractivity contribution in [1.29, 1.82) is 0 Å². The van der Waals surface area contributed by atoms with Crippen LogP contribution in [0.1, 0.15) is 40.5 Å². The van der Waals surface area contributed by atoms with E-state index in [4.69, 9.17) is 0 Å². The van der Waals surface area contributed by atoms with Crippen molar-refractivity contribution >= 4 is 17.2 Å². The first-order valence-corrected chi connectivity index (χ1v) is 9.37. The van der Waals surface area contributed by atoms with E-state index in [0.29, 0.717) is 18.0 Å². The van der Waals surface area contributed by atoms with Crippen LogP contribution >= 0.6 is 11.3 Å². The third-order valence-corrected chi connectivity index (χ3v) is 6.47. The van der Waals surface area contributed by atoms with E-state index in [9.17, 15) is 4.79 Å². The van der Waals surface area contributed by atoms with Gasteiger partial charge in [-0.15, -0.1) is 11.3 Å². The van der Waals surface area contributed by atoms with Crippen molar-refractivity contribution in [1.82, 2.24) is 24.8 Å². The minimum Gasteiger partial charge on any atom is -0.337 e. The van der Waals surface area contributed by atoms with Crippen LogP contribution in [0.2, 0.25) is 0 Å². The van der Waals surface area contributed by atoms with Crippen LogP contribution in [0.3, 0.4) is 0 Å². The van der Waals surface area contributed by atoms with Gasteiger partial charge in [0.2, 0.25) is 0 Å². The predicted molar refractivity (Wildman–Crippen MR) is 92.9 cm³/mol. The molecule has 1 aliphatic heterocycles. The highest BCUT2D eigenvalue weighted by atomic mass is 32.1. The molecule has 1 N–H and O–H groups in total. The van der Waals surface area contributed by atoms with Crippen LogP contribution < -0.4 is 5.32 Å². The molecule has 2 aromatic heterocycles. The summed E-state index contributed by atoms with van der Waals surface area (Å²) in [5.41, 5.74) is 2.90. The van der Waals surface area contributed by atoms with E-state index in [1.807, 2.05) is 29.6 Å². The summed E-state index contributed by atoms with van der Waals surface area (Å²) in [6.45, 7) is 4.59. The monoisotopic (exact) mass is 345 g/mol. The van der Waals surface area contributed by atoms with Gasteiger partial charge in [-0.3, -0.25) is 4.79 Å². The SMILES string of the molecule is Cc1ncsc1C(=O)N(Cc1nccn1C)C1CC12CCNCC2. The molecule has 1 spiro atoms. The first kappa shape index (κ1) is 15.8. The Hall–Kier alpha value is -1.73. The van der Waals surface area contributed by atoms with Crippen molar-refractivity contribution in [3.05, 3.63) is 34.3 Å². The molecule has 0 bridgehead atoms. The number of aromatic nitrogens is 3. The van der Waals surface area contributed by atoms with Crippen molar-refractivity contribution in [2.45, 2.75) is 38.8 Å². The fourth-order valence-electron chi connectivity index (χ4n) is 3.89. The highest BCUT2D eigenvalue weighted by molar-refractivity contribution is 7.11. The number of rotatable bonds is 4. The molecule has 2 aromatic rings. The first-order valence-electron chi connectivity index (χ1n) is 8.49. The minimum atomic E-state index is 0.110. The maximum atomic E-state index is 13.2. The number of amides is 1. The number of carbonyl (C=O) groups is 1. The number of piperidine rings is 1. The Bertz CT molecular complexity index is 746. The van der Waals surface area contributed by atoms with Gasteiger partial charge >= 0.3 is 0 Å². The second-order valence-electron chi connectivity index (χ2n) is 6.99. The number of imidazole rings is 1. The van der Waals surface area contributed by atoms with Crippen molar-refractivity contribution in [3.8, 4) is 0 Å². The van der Waals surface area contributed by atoms with Gasteiger partial charge in [0.15, 0.2) is 0 Å². The zero-order valence-corrected chi connectivity index (χ0v) is 15.0. The number of hydrogen-bond acceptors (Lipinski definition) is 5. The molecule has 0 aromatic carbocycles. The summed E-state index contributed by atoms with van der Waals surface area (Å²) in [6.07, 6.45) is 7.16. The highest BCUT2D eigenvalue weighted by Crippen LogP contribution is 2.56. The van der Waals surface area contributed by atoms with Gasteiger partial charge in [0.1, 0.15) is 10.7 Å². The molecule has 6 nitrogen and oxygen atoms in total. The van der Waals surface area contributed by atoms with E-state index >= 15 is 0 Å². The summed E-state index contributed by atoms with van der Waals surface area (Å²) in [4.78, 5) is 24.7.